The molecule has 3 aromatic rings. The number of carbonyl (C=O) groups is 2. The zero-order valence-electron chi connectivity index (χ0n) is 16.9. The summed E-state index contributed by atoms with van der Waals surface area (Å²) in [5, 5.41) is 7.18. The SMILES string of the molecule is Cc1ccc(NC(=O)c2oc3c(c2C)/C(=N/NC(=O)c2ccccn2)CCC3)cc1. The van der Waals surface area contributed by atoms with Gasteiger partial charge >= 0.3 is 0 Å². The Labute approximate surface area is 174 Å². The van der Waals surface area contributed by atoms with Gasteiger partial charge < -0.3 is 9.73 Å². The molecule has 0 atom stereocenters. The van der Waals surface area contributed by atoms with Crippen LogP contribution in [0.1, 0.15) is 56.3 Å². The number of benzene rings is 1. The summed E-state index contributed by atoms with van der Waals surface area (Å²) in [7, 11) is 0. The average molecular weight is 402 g/mol. The van der Waals surface area contributed by atoms with Crippen LogP contribution in [0.2, 0.25) is 0 Å². The van der Waals surface area contributed by atoms with E-state index in [-0.39, 0.29) is 17.6 Å². The van der Waals surface area contributed by atoms with Crippen LogP contribution in [0.15, 0.2) is 58.2 Å². The number of nitrogens with zero attached hydrogens (tertiary/aromatic N) is 2. The van der Waals surface area contributed by atoms with Crippen molar-refractivity contribution in [3.8, 4) is 0 Å². The molecule has 7 nitrogen and oxygen atoms in total. The monoisotopic (exact) mass is 402 g/mol. The van der Waals surface area contributed by atoms with Crippen LogP contribution in [-0.2, 0) is 6.42 Å². The van der Waals surface area contributed by atoms with E-state index in [4.69, 9.17) is 4.42 Å². The molecule has 0 aliphatic heterocycles. The van der Waals surface area contributed by atoms with Gasteiger partial charge in [0, 0.05) is 29.4 Å². The zero-order chi connectivity index (χ0) is 21.1. The molecule has 0 saturated heterocycles. The highest BCUT2D eigenvalue weighted by atomic mass is 16.4. The molecule has 0 radical (unpaired) electrons. The first-order valence-electron chi connectivity index (χ1n) is 9.81. The van der Waals surface area contributed by atoms with Crippen molar-refractivity contribution >= 4 is 23.2 Å². The summed E-state index contributed by atoms with van der Waals surface area (Å²) in [5.74, 6) is 0.307. The number of pyridine rings is 1. The highest BCUT2D eigenvalue weighted by Gasteiger charge is 2.28. The van der Waals surface area contributed by atoms with Crippen LogP contribution in [0, 0.1) is 13.8 Å². The van der Waals surface area contributed by atoms with Crippen LogP contribution in [0.3, 0.4) is 0 Å². The lowest BCUT2D eigenvalue weighted by molar-refractivity contribution is 0.0948. The number of carbonyl (C=O) groups excluding carboxylic acids is 2. The van der Waals surface area contributed by atoms with Crippen LogP contribution < -0.4 is 10.7 Å². The van der Waals surface area contributed by atoms with Crippen molar-refractivity contribution in [2.24, 2.45) is 5.10 Å². The van der Waals surface area contributed by atoms with E-state index in [1.807, 2.05) is 38.1 Å². The highest BCUT2D eigenvalue weighted by molar-refractivity contribution is 6.09. The molecular formula is C23H22N4O3. The normalized spacial score (nSPS) is 14.3. The maximum Gasteiger partial charge on any atom is 0.291 e. The number of hydrogen-bond donors (Lipinski definition) is 2. The fourth-order valence-electron chi connectivity index (χ4n) is 3.49. The molecule has 0 fully saturated rings. The molecule has 0 spiro atoms. The lowest BCUT2D eigenvalue weighted by Gasteiger charge is -2.13. The Morgan fingerprint density at radius 3 is 2.57 bits per heavy atom. The maximum atomic E-state index is 12.8. The van der Waals surface area contributed by atoms with E-state index in [9.17, 15) is 9.59 Å². The van der Waals surface area contributed by atoms with Crippen molar-refractivity contribution in [3.63, 3.8) is 0 Å². The molecule has 2 heterocycles. The topological polar surface area (TPSA) is 96.6 Å². The van der Waals surface area contributed by atoms with Crippen molar-refractivity contribution in [2.45, 2.75) is 33.1 Å². The lowest BCUT2D eigenvalue weighted by atomic mass is 9.93. The van der Waals surface area contributed by atoms with E-state index < -0.39 is 0 Å². The van der Waals surface area contributed by atoms with Crippen molar-refractivity contribution < 1.29 is 14.0 Å². The van der Waals surface area contributed by atoms with Gasteiger partial charge in [-0.25, -0.2) is 5.43 Å². The second-order valence-corrected chi connectivity index (χ2v) is 7.24. The summed E-state index contributed by atoms with van der Waals surface area (Å²) < 4.78 is 5.90. The first kappa shape index (κ1) is 19.6. The fourth-order valence-corrected chi connectivity index (χ4v) is 3.49. The first-order chi connectivity index (χ1) is 14.5. The van der Waals surface area contributed by atoms with E-state index in [1.54, 1.807) is 24.4 Å². The molecule has 0 saturated carbocycles. The van der Waals surface area contributed by atoms with Gasteiger partial charge in [0.15, 0.2) is 5.76 Å². The Hall–Kier alpha value is -3.74. The Bertz CT molecular complexity index is 1120. The molecule has 1 aliphatic rings. The summed E-state index contributed by atoms with van der Waals surface area (Å²) in [6, 6.07) is 12.7. The first-order valence-corrected chi connectivity index (χ1v) is 9.81. The van der Waals surface area contributed by atoms with E-state index in [2.05, 4.69) is 20.8 Å². The standard InChI is InChI=1S/C23H22N4O3/c1-14-9-11-16(12-10-14)25-23(29)21-15(2)20-17(7-5-8-19(20)30-21)26-27-22(28)18-6-3-4-13-24-18/h3-4,6,9-13H,5,7-8H2,1-2H3,(H,25,29)(H,27,28)/b26-17+. The molecule has 152 valence electrons. The van der Waals surface area contributed by atoms with Gasteiger partial charge in [-0.1, -0.05) is 23.8 Å². The van der Waals surface area contributed by atoms with Gasteiger partial charge in [0.1, 0.15) is 11.5 Å². The number of amides is 2. The number of hydrogen-bond acceptors (Lipinski definition) is 5. The van der Waals surface area contributed by atoms with Crippen LogP contribution >= 0.6 is 0 Å². The number of aromatic nitrogens is 1. The van der Waals surface area contributed by atoms with Gasteiger partial charge in [-0.15, -0.1) is 0 Å². The van der Waals surface area contributed by atoms with Crippen LogP contribution in [0.5, 0.6) is 0 Å². The van der Waals surface area contributed by atoms with Gasteiger partial charge in [-0.05, 0) is 51.0 Å². The molecular weight excluding hydrogens is 380 g/mol. The molecule has 0 bridgehead atoms. The third kappa shape index (κ3) is 4.00. The minimum atomic E-state index is -0.381. The van der Waals surface area contributed by atoms with Gasteiger partial charge in [-0.2, -0.15) is 5.10 Å². The molecule has 2 aromatic heterocycles. The minimum absolute atomic E-state index is 0.270. The molecule has 2 N–H and O–H groups in total. The fraction of sp³-hybridized carbons (Fsp3) is 0.217. The molecule has 4 rings (SSSR count). The van der Waals surface area contributed by atoms with Crippen molar-refractivity contribution in [2.75, 3.05) is 5.32 Å². The predicted octanol–water partition coefficient (Wildman–Crippen LogP) is 4.01. The number of hydrazone groups is 1. The molecule has 1 aromatic carbocycles. The largest absolute Gasteiger partial charge is 0.455 e. The number of nitrogens with one attached hydrogen (secondary N) is 2. The van der Waals surface area contributed by atoms with Gasteiger partial charge in [-0.3, -0.25) is 14.6 Å². The van der Waals surface area contributed by atoms with Gasteiger partial charge in [0.25, 0.3) is 11.8 Å². The summed E-state index contributed by atoms with van der Waals surface area (Å²) in [5.41, 5.74) is 6.91. The third-order valence-corrected chi connectivity index (χ3v) is 5.03. The number of fused-ring (bicyclic) bond motifs is 1. The zero-order valence-corrected chi connectivity index (χ0v) is 16.9. The van der Waals surface area contributed by atoms with Gasteiger partial charge in [0.05, 0.1) is 5.71 Å². The quantitative estimate of drug-likeness (QED) is 0.644. The van der Waals surface area contributed by atoms with E-state index in [1.165, 1.54) is 0 Å². The number of anilines is 1. The second-order valence-electron chi connectivity index (χ2n) is 7.24. The lowest BCUT2D eigenvalue weighted by Crippen LogP contribution is -2.22. The maximum absolute atomic E-state index is 12.8. The third-order valence-electron chi connectivity index (χ3n) is 5.03. The van der Waals surface area contributed by atoms with Crippen LogP contribution in [0.4, 0.5) is 5.69 Å². The molecule has 2 amide bonds. The molecule has 0 unspecified atom stereocenters. The van der Waals surface area contributed by atoms with E-state index >= 15 is 0 Å². The summed E-state index contributed by atoms with van der Waals surface area (Å²) in [6.45, 7) is 3.83. The predicted molar refractivity (Wildman–Crippen MR) is 114 cm³/mol. The van der Waals surface area contributed by atoms with Crippen LogP contribution in [-0.4, -0.2) is 22.5 Å². The van der Waals surface area contributed by atoms with Crippen molar-refractivity contribution in [1.82, 2.24) is 10.4 Å². The van der Waals surface area contributed by atoms with Crippen molar-refractivity contribution in [3.05, 3.63) is 82.6 Å². The van der Waals surface area contributed by atoms with Gasteiger partial charge in [0.2, 0.25) is 0 Å². The van der Waals surface area contributed by atoms with E-state index in [0.29, 0.717) is 23.5 Å². The Kier molecular flexibility index (Phi) is 5.43. The smallest absolute Gasteiger partial charge is 0.291 e. The number of furan rings is 1. The molecule has 30 heavy (non-hydrogen) atoms. The number of aryl methyl sites for hydroxylation is 2. The summed E-state index contributed by atoms with van der Waals surface area (Å²) in [4.78, 5) is 29.1. The Morgan fingerprint density at radius 1 is 1.03 bits per heavy atom. The average Bonchev–Trinajstić information content (AvgIpc) is 3.11. The minimum Gasteiger partial charge on any atom is -0.455 e. The Morgan fingerprint density at radius 2 is 1.83 bits per heavy atom. The van der Waals surface area contributed by atoms with E-state index in [0.717, 1.165) is 35.3 Å². The summed E-state index contributed by atoms with van der Waals surface area (Å²) in [6.07, 6.45) is 3.80. The van der Waals surface area contributed by atoms with Crippen LogP contribution in [0.25, 0.3) is 0 Å². The summed E-state index contributed by atoms with van der Waals surface area (Å²) >= 11 is 0. The molecule has 1 aliphatic carbocycles. The van der Waals surface area contributed by atoms with Crippen molar-refractivity contribution in [1.29, 1.82) is 0 Å². The highest BCUT2D eigenvalue weighted by Crippen LogP contribution is 2.30. The Balaban J connectivity index is 1.56. The molecule has 7 heteroatoms. The second kappa shape index (κ2) is 8.32. The number of rotatable bonds is 4.